The molecule has 21 heavy (non-hydrogen) atoms. The van der Waals surface area contributed by atoms with Gasteiger partial charge in [-0.3, -0.25) is 9.59 Å². The highest BCUT2D eigenvalue weighted by Crippen LogP contribution is 2.35. The van der Waals surface area contributed by atoms with E-state index in [1.54, 1.807) is 19.1 Å². The number of ketones is 1. The monoisotopic (exact) mass is 296 g/mol. The number of rotatable bonds is 7. The van der Waals surface area contributed by atoms with Gasteiger partial charge in [0.1, 0.15) is 5.75 Å². The zero-order valence-electron chi connectivity index (χ0n) is 12.9. The van der Waals surface area contributed by atoms with Crippen LogP contribution in [0.2, 0.25) is 0 Å². The molecule has 1 unspecified atom stereocenters. The molecule has 0 amide bonds. The Hall–Kier alpha value is -2.24. The second kappa shape index (κ2) is 7.52. The number of hydrogen-bond acceptors (Lipinski definition) is 6. The van der Waals surface area contributed by atoms with E-state index >= 15 is 0 Å². The lowest BCUT2D eigenvalue weighted by Gasteiger charge is -2.15. The summed E-state index contributed by atoms with van der Waals surface area (Å²) in [5, 5.41) is 0. The third-order valence-corrected chi connectivity index (χ3v) is 3.12. The summed E-state index contributed by atoms with van der Waals surface area (Å²) in [6.07, 6.45) is 0.00678. The Morgan fingerprint density at radius 1 is 0.952 bits per heavy atom. The lowest BCUT2D eigenvalue weighted by Crippen LogP contribution is -2.17. The van der Waals surface area contributed by atoms with Crippen molar-refractivity contribution in [2.45, 2.75) is 13.3 Å². The van der Waals surface area contributed by atoms with Crippen LogP contribution in [-0.4, -0.2) is 40.2 Å². The van der Waals surface area contributed by atoms with Crippen molar-refractivity contribution in [3.05, 3.63) is 17.7 Å². The molecule has 1 aromatic rings. The predicted molar refractivity (Wildman–Crippen MR) is 76.2 cm³/mol. The SMILES string of the molecule is COC(=O)CC(C)C(=O)c1cc(OC)c(OC)cc1OC. The largest absolute Gasteiger partial charge is 0.496 e. The molecule has 0 saturated heterocycles. The maximum atomic E-state index is 12.5. The summed E-state index contributed by atoms with van der Waals surface area (Å²) in [6.45, 7) is 1.66. The smallest absolute Gasteiger partial charge is 0.306 e. The van der Waals surface area contributed by atoms with Crippen molar-refractivity contribution in [2.75, 3.05) is 28.4 Å². The molecule has 0 bridgehead atoms. The average molecular weight is 296 g/mol. The molecule has 0 radical (unpaired) electrons. The van der Waals surface area contributed by atoms with Crippen molar-refractivity contribution in [1.29, 1.82) is 0 Å². The van der Waals surface area contributed by atoms with Gasteiger partial charge in [0, 0.05) is 12.0 Å². The van der Waals surface area contributed by atoms with E-state index in [1.165, 1.54) is 28.4 Å². The minimum atomic E-state index is -0.524. The number of carbonyl (C=O) groups excluding carboxylic acids is 2. The molecule has 116 valence electrons. The van der Waals surface area contributed by atoms with Crippen LogP contribution >= 0.6 is 0 Å². The van der Waals surface area contributed by atoms with Crippen LogP contribution in [0.1, 0.15) is 23.7 Å². The zero-order valence-corrected chi connectivity index (χ0v) is 12.9. The van der Waals surface area contributed by atoms with Gasteiger partial charge in [-0.2, -0.15) is 0 Å². The van der Waals surface area contributed by atoms with E-state index in [-0.39, 0.29) is 12.2 Å². The van der Waals surface area contributed by atoms with Gasteiger partial charge >= 0.3 is 5.97 Å². The summed E-state index contributed by atoms with van der Waals surface area (Å²) in [5.41, 5.74) is 0.339. The van der Waals surface area contributed by atoms with Gasteiger partial charge in [0.25, 0.3) is 0 Å². The molecule has 6 nitrogen and oxygen atoms in total. The van der Waals surface area contributed by atoms with Crippen molar-refractivity contribution in [3.63, 3.8) is 0 Å². The molecule has 1 rings (SSSR count). The summed E-state index contributed by atoms with van der Waals surface area (Å²) in [7, 11) is 5.73. The van der Waals surface area contributed by atoms with Crippen molar-refractivity contribution < 1.29 is 28.5 Å². The number of ether oxygens (including phenoxy) is 4. The molecule has 0 aliphatic rings. The molecule has 1 aromatic carbocycles. The molecule has 0 aliphatic carbocycles. The van der Waals surface area contributed by atoms with E-state index < -0.39 is 11.9 Å². The molecule has 0 aliphatic heterocycles. The van der Waals surface area contributed by atoms with Crippen LogP contribution in [0, 0.1) is 5.92 Å². The quantitative estimate of drug-likeness (QED) is 0.567. The van der Waals surface area contributed by atoms with Crippen LogP contribution in [0.25, 0.3) is 0 Å². The Bertz CT molecular complexity index is 523. The van der Waals surface area contributed by atoms with E-state index in [1.807, 2.05) is 0 Å². The molecule has 0 spiro atoms. The van der Waals surface area contributed by atoms with Crippen LogP contribution in [0.15, 0.2) is 12.1 Å². The van der Waals surface area contributed by atoms with Gasteiger partial charge in [0.15, 0.2) is 17.3 Å². The first kappa shape index (κ1) is 16.8. The maximum Gasteiger partial charge on any atom is 0.306 e. The van der Waals surface area contributed by atoms with E-state index in [0.717, 1.165) is 0 Å². The number of benzene rings is 1. The summed E-state index contributed by atoms with van der Waals surface area (Å²) >= 11 is 0. The van der Waals surface area contributed by atoms with Crippen LogP contribution < -0.4 is 14.2 Å². The first-order valence-electron chi connectivity index (χ1n) is 6.39. The lowest BCUT2D eigenvalue weighted by atomic mass is 9.95. The highest BCUT2D eigenvalue weighted by Gasteiger charge is 2.24. The third-order valence-electron chi connectivity index (χ3n) is 3.12. The van der Waals surface area contributed by atoms with Crippen molar-refractivity contribution >= 4 is 11.8 Å². The Morgan fingerprint density at radius 3 is 1.95 bits per heavy atom. The van der Waals surface area contributed by atoms with Crippen LogP contribution in [0.5, 0.6) is 17.2 Å². The fourth-order valence-electron chi connectivity index (χ4n) is 1.91. The molecule has 6 heteroatoms. The molecule has 0 aromatic heterocycles. The van der Waals surface area contributed by atoms with E-state index in [2.05, 4.69) is 4.74 Å². The van der Waals surface area contributed by atoms with Gasteiger partial charge in [0.2, 0.25) is 0 Å². The molecular formula is C15H20O6. The Balaban J connectivity index is 3.15. The Labute approximate surface area is 123 Å². The van der Waals surface area contributed by atoms with Gasteiger partial charge in [-0.25, -0.2) is 0 Å². The topological polar surface area (TPSA) is 71.1 Å². The van der Waals surface area contributed by atoms with E-state index in [0.29, 0.717) is 22.8 Å². The molecule has 0 saturated carbocycles. The number of Topliss-reactive ketones (excluding diaryl/α,β-unsaturated/α-hetero) is 1. The molecular weight excluding hydrogens is 276 g/mol. The van der Waals surface area contributed by atoms with Crippen LogP contribution in [-0.2, 0) is 9.53 Å². The number of hydrogen-bond donors (Lipinski definition) is 0. The molecule has 0 N–H and O–H groups in total. The van der Waals surface area contributed by atoms with Crippen LogP contribution in [0.3, 0.4) is 0 Å². The summed E-state index contributed by atoms with van der Waals surface area (Å²) in [6, 6.07) is 3.13. The van der Waals surface area contributed by atoms with E-state index in [9.17, 15) is 9.59 Å². The first-order chi connectivity index (χ1) is 9.98. The highest BCUT2D eigenvalue weighted by atomic mass is 16.5. The Kier molecular flexibility index (Phi) is 6.02. The van der Waals surface area contributed by atoms with Gasteiger partial charge in [-0.05, 0) is 6.07 Å². The minimum Gasteiger partial charge on any atom is -0.496 e. The fourth-order valence-corrected chi connectivity index (χ4v) is 1.91. The van der Waals surface area contributed by atoms with Gasteiger partial charge in [-0.15, -0.1) is 0 Å². The van der Waals surface area contributed by atoms with Gasteiger partial charge in [0.05, 0.1) is 40.4 Å². The number of esters is 1. The highest BCUT2D eigenvalue weighted by molar-refractivity contribution is 6.02. The fraction of sp³-hybridized carbons (Fsp3) is 0.467. The maximum absolute atomic E-state index is 12.5. The number of methoxy groups -OCH3 is 4. The van der Waals surface area contributed by atoms with E-state index in [4.69, 9.17) is 14.2 Å². The molecule has 0 heterocycles. The third kappa shape index (κ3) is 3.87. The van der Waals surface area contributed by atoms with Crippen molar-refractivity contribution in [2.24, 2.45) is 5.92 Å². The summed E-state index contributed by atoms with van der Waals surface area (Å²) in [5.74, 6) is 0.0748. The standard InChI is InChI=1S/C15H20O6/c1-9(6-14(16)21-5)15(17)10-7-12(19-3)13(20-4)8-11(10)18-2/h7-9H,6H2,1-5H3. The average Bonchev–Trinajstić information content (AvgIpc) is 2.52. The Morgan fingerprint density at radius 2 is 1.48 bits per heavy atom. The second-order valence-electron chi connectivity index (χ2n) is 4.45. The van der Waals surface area contributed by atoms with Gasteiger partial charge < -0.3 is 18.9 Å². The summed E-state index contributed by atoms with van der Waals surface area (Å²) < 4.78 is 20.1. The lowest BCUT2D eigenvalue weighted by molar-refractivity contribution is -0.141. The second-order valence-corrected chi connectivity index (χ2v) is 4.45. The summed E-state index contributed by atoms with van der Waals surface area (Å²) in [4.78, 5) is 23.7. The van der Waals surface area contributed by atoms with Crippen LogP contribution in [0.4, 0.5) is 0 Å². The zero-order chi connectivity index (χ0) is 16.0. The molecule has 1 atom stereocenters. The first-order valence-corrected chi connectivity index (χ1v) is 6.39. The normalized spacial score (nSPS) is 11.5. The number of carbonyl (C=O) groups is 2. The minimum absolute atomic E-state index is 0.00678. The molecule has 0 fully saturated rings. The van der Waals surface area contributed by atoms with Gasteiger partial charge in [-0.1, -0.05) is 6.92 Å². The van der Waals surface area contributed by atoms with Crippen molar-refractivity contribution in [1.82, 2.24) is 0 Å². The predicted octanol–water partition coefficient (Wildman–Crippen LogP) is 2.09. The van der Waals surface area contributed by atoms with Crippen molar-refractivity contribution in [3.8, 4) is 17.2 Å².